The Morgan fingerprint density at radius 1 is 1.24 bits per heavy atom. The van der Waals surface area contributed by atoms with E-state index in [0.717, 1.165) is 6.07 Å². The number of halogens is 4. The largest absolute Gasteiger partial charge is 0.479 e. The van der Waals surface area contributed by atoms with Gasteiger partial charge in [-0.2, -0.15) is 0 Å². The molecule has 1 aromatic carbocycles. The minimum Gasteiger partial charge on any atom is -0.479 e. The maximum absolute atomic E-state index is 13.6. The van der Waals surface area contributed by atoms with Crippen LogP contribution < -0.4 is 9.47 Å². The molecule has 0 unspecified atom stereocenters. The predicted molar refractivity (Wildman–Crippen MR) is 82.8 cm³/mol. The van der Waals surface area contributed by atoms with Crippen LogP contribution in [0.5, 0.6) is 17.4 Å². The molecule has 0 N–H and O–H groups in total. The summed E-state index contributed by atoms with van der Waals surface area (Å²) in [5.74, 6) is -1.33. The number of ether oxygens (including phenoxy) is 3. The Morgan fingerprint density at radius 2 is 1.88 bits per heavy atom. The van der Waals surface area contributed by atoms with E-state index in [1.54, 1.807) is 0 Å². The maximum Gasteiger partial charge on any atom is 0.347 e. The van der Waals surface area contributed by atoms with Crippen molar-refractivity contribution in [3.05, 3.63) is 47.4 Å². The average molecular weight is 376 g/mol. The molecule has 0 saturated carbocycles. The Hall–Kier alpha value is -2.48. The van der Waals surface area contributed by atoms with E-state index < -0.39 is 30.9 Å². The first-order valence-corrected chi connectivity index (χ1v) is 7.43. The standard InChI is InChI=1S/C16H13ClF3NO4/c1-9(16(22)23-8-14(19)20)24-11-2-4-12(5-3-11)25-15-13(18)6-10(17)7-21-15/h2-7,9,14H,8H2,1H3/t9-/m1/s1. The molecule has 1 aromatic heterocycles. The van der Waals surface area contributed by atoms with Gasteiger partial charge in [0.05, 0.1) is 5.02 Å². The second-order valence-electron chi connectivity index (χ2n) is 4.80. The molecule has 1 atom stereocenters. The quantitative estimate of drug-likeness (QED) is 0.677. The van der Waals surface area contributed by atoms with E-state index in [9.17, 15) is 18.0 Å². The number of hydrogen-bond acceptors (Lipinski definition) is 5. The Bertz CT molecular complexity index is 728. The van der Waals surface area contributed by atoms with Crippen molar-refractivity contribution in [2.75, 3.05) is 6.61 Å². The summed E-state index contributed by atoms with van der Waals surface area (Å²) in [7, 11) is 0. The second-order valence-corrected chi connectivity index (χ2v) is 5.23. The maximum atomic E-state index is 13.6. The van der Waals surface area contributed by atoms with Crippen molar-refractivity contribution >= 4 is 17.6 Å². The lowest BCUT2D eigenvalue weighted by molar-refractivity contribution is -0.155. The topological polar surface area (TPSA) is 57.7 Å². The molecular formula is C16H13ClF3NO4. The first kappa shape index (κ1) is 18.9. The molecule has 0 amide bonds. The van der Waals surface area contributed by atoms with Crippen LogP contribution in [-0.4, -0.2) is 30.1 Å². The third kappa shape index (κ3) is 5.82. The van der Waals surface area contributed by atoms with E-state index in [4.69, 9.17) is 21.1 Å². The summed E-state index contributed by atoms with van der Waals surface area (Å²) >= 11 is 5.60. The molecular weight excluding hydrogens is 363 g/mol. The number of aromatic nitrogens is 1. The van der Waals surface area contributed by atoms with Gasteiger partial charge in [-0.1, -0.05) is 11.6 Å². The van der Waals surface area contributed by atoms with Crippen molar-refractivity contribution in [3.63, 3.8) is 0 Å². The third-order valence-corrected chi connectivity index (χ3v) is 3.02. The lowest BCUT2D eigenvalue weighted by Crippen LogP contribution is -2.27. The summed E-state index contributed by atoms with van der Waals surface area (Å²) < 4.78 is 52.5. The second kappa shape index (κ2) is 8.57. The summed E-state index contributed by atoms with van der Waals surface area (Å²) in [6.45, 7) is 0.379. The molecule has 0 aliphatic carbocycles. The van der Waals surface area contributed by atoms with E-state index in [1.807, 2.05) is 0 Å². The number of hydrogen-bond donors (Lipinski definition) is 0. The Morgan fingerprint density at radius 3 is 2.48 bits per heavy atom. The average Bonchev–Trinajstić information content (AvgIpc) is 2.56. The van der Waals surface area contributed by atoms with Crippen LogP contribution >= 0.6 is 11.6 Å². The van der Waals surface area contributed by atoms with E-state index in [0.29, 0.717) is 0 Å². The number of pyridine rings is 1. The van der Waals surface area contributed by atoms with Crippen molar-refractivity contribution < 1.29 is 32.2 Å². The van der Waals surface area contributed by atoms with Crippen molar-refractivity contribution in [2.24, 2.45) is 0 Å². The molecule has 2 aromatic rings. The van der Waals surface area contributed by atoms with Gasteiger partial charge >= 0.3 is 5.97 Å². The van der Waals surface area contributed by atoms with E-state index in [2.05, 4.69) is 9.72 Å². The van der Waals surface area contributed by atoms with Crippen molar-refractivity contribution in [2.45, 2.75) is 19.5 Å². The molecule has 9 heteroatoms. The van der Waals surface area contributed by atoms with Crippen molar-refractivity contribution in [1.82, 2.24) is 4.98 Å². The molecule has 0 aliphatic heterocycles. The van der Waals surface area contributed by atoms with Crippen LogP contribution in [0.15, 0.2) is 36.5 Å². The number of nitrogens with zero attached hydrogens (tertiary/aromatic N) is 1. The Labute approximate surface area is 146 Å². The zero-order valence-electron chi connectivity index (χ0n) is 12.9. The van der Waals surface area contributed by atoms with Gasteiger partial charge in [-0.15, -0.1) is 0 Å². The normalized spacial score (nSPS) is 11.9. The van der Waals surface area contributed by atoms with Gasteiger partial charge in [0, 0.05) is 6.20 Å². The van der Waals surface area contributed by atoms with Crippen LogP contribution in [0, 0.1) is 5.82 Å². The van der Waals surface area contributed by atoms with Gasteiger partial charge in [0.25, 0.3) is 12.3 Å². The lowest BCUT2D eigenvalue weighted by Gasteiger charge is -2.14. The minimum absolute atomic E-state index is 0.140. The van der Waals surface area contributed by atoms with Crippen LogP contribution in [-0.2, 0) is 9.53 Å². The minimum atomic E-state index is -2.74. The van der Waals surface area contributed by atoms with Crippen LogP contribution in [0.4, 0.5) is 13.2 Å². The van der Waals surface area contributed by atoms with E-state index >= 15 is 0 Å². The molecule has 0 spiro atoms. The molecule has 1 heterocycles. The van der Waals surface area contributed by atoms with Gasteiger partial charge < -0.3 is 14.2 Å². The van der Waals surface area contributed by atoms with Crippen LogP contribution in [0.25, 0.3) is 0 Å². The van der Waals surface area contributed by atoms with Crippen LogP contribution in [0.2, 0.25) is 5.02 Å². The summed E-state index contributed by atoms with van der Waals surface area (Å²) in [4.78, 5) is 15.2. The zero-order chi connectivity index (χ0) is 18.4. The molecule has 0 aliphatic rings. The first-order chi connectivity index (χ1) is 11.8. The molecule has 25 heavy (non-hydrogen) atoms. The third-order valence-electron chi connectivity index (χ3n) is 2.81. The fourth-order valence-corrected chi connectivity index (χ4v) is 1.83. The molecule has 0 radical (unpaired) electrons. The number of alkyl halides is 2. The SMILES string of the molecule is C[C@@H](Oc1ccc(Oc2ncc(Cl)cc2F)cc1)C(=O)OCC(F)F. The molecule has 0 saturated heterocycles. The van der Waals surface area contributed by atoms with Gasteiger partial charge in [0.15, 0.2) is 18.5 Å². The van der Waals surface area contributed by atoms with E-state index in [1.165, 1.54) is 37.4 Å². The zero-order valence-corrected chi connectivity index (χ0v) is 13.7. The predicted octanol–water partition coefficient (Wildman–Crippen LogP) is 4.24. The van der Waals surface area contributed by atoms with E-state index in [-0.39, 0.29) is 22.4 Å². The van der Waals surface area contributed by atoms with Crippen LogP contribution in [0.3, 0.4) is 0 Å². The molecule has 0 fully saturated rings. The van der Waals surface area contributed by atoms with Gasteiger partial charge in [-0.25, -0.2) is 22.9 Å². The van der Waals surface area contributed by atoms with Crippen LogP contribution in [0.1, 0.15) is 6.92 Å². The molecule has 134 valence electrons. The number of carbonyl (C=O) groups excluding carboxylic acids is 1. The first-order valence-electron chi connectivity index (χ1n) is 7.05. The summed E-state index contributed by atoms with van der Waals surface area (Å²) in [6.07, 6.45) is -2.57. The van der Waals surface area contributed by atoms with Crippen molar-refractivity contribution in [1.29, 1.82) is 0 Å². The summed E-state index contributed by atoms with van der Waals surface area (Å²) in [5.41, 5.74) is 0. The number of rotatable bonds is 7. The fraction of sp³-hybridized carbons (Fsp3) is 0.250. The van der Waals surface area contributed by atoms with Gasteiger partial charge in [0.2, 0.25) is 0 Å². The monoisotopic (exact) mass is 375 g/mol. The highest BCUT2D eigenvalue weighted by atomic mass is 35.5. The Kier molecular flexibility index (Phi) is 6.46. The fourth-order valence-electron chi connectivity index (χ4n) is 1.69. The van der Waals surface area contributed by atoms with Gasteiger partial charge in [-0.3, -0.25) is 0 Å². The summed E-state index contributed by atoms with van der Waals surface area (Å²) in [5, 5.41) is 0.140. The highest BCUT2D eigenvalue weighted by molar-refractivity contribution is 6.30. The molecule has 0 bridgehead atoms. The smallest absolute Gasteiger partial charge is 0.347 e. The highest BCUT2D eigenvalue weighted by Crippen LogP contribution is 2.26. The van der Waals surface area contributed by atoms with Gasteiger partial charge in [0.1, 0.15) is 11.5 Å². The van der Waals surface area contributed by atoms with Crippen molar-refractivity contribution in [3.8, 4) is 17.4 Å². The number of benzene rings is 1. The number of esters is 1. The number of carbonyl (C=O) groups is 1. The Balaban J connectivity index is 1.94. The molecule has 5 nitrogen and oxygen atoms in total. The van der Waals surface area contributed by atoms with Gasteiger partial charge in [-0.05, 0) is 37.3 Å². The highest BCUT2D eigenvalue weighted by Gasteiger charge is 2.18. The lowest BCUT2D eigenvalue weighted by atomic mass is 10.3. The molecule has 2 rings (SSSR count). The summed E-state index contributed by atoms with van der Waals surface area (Å²) in [6, 6.07) is 6.90.